The summed E-state index contributed by atoms with van der Waals surface area (Å²) < 4.78 is 0. The molecule has 0 aliphatic heterocycles. The van der Waals surface area contributed by atoms with Crippen molar-refractivity contribution in [2.45, 2.75) is 94.0 Å². The number of hydrogen-bond acceptors (Lipinski definition) is 2. The summed E-state index contributed by atoms with van der Waals surface area (Å²) >= 11 is 0. The summed E-state index contributed by atoms with van der Waals surface area (Å²) in [7, 11) is 0. The molecule has 0 heterocycles. The molecule has 0 fully saturated rings. The molecule has 0 saturated carbocycles. The van der Waals surface area contributed by atoms with E-state index in [1.54, 1.807) is 6.92 Å². The number of carbonyl (C=O) groups is 1. The van der Waals surface area contributed by atoms with Gasteiger partial charge in [-0.1, -0.05) is 84.1 Å². The number of nitrogens with two attached hydrogens (primary N) is 1. The van der Waals surface area contributed by atoms with Gasteiger partial charge >= 0.3 is 0 Å². The van der Waals surface area contributed by atoms with E-state index in [1.165, 1.54) is 42.4 Å². The number of carbonyl (C=O) groups excluding carboxylic acids is 1. The Bertz CT molecular complexity index is 384. The molecule has 0 spiro atoms. The molecule has 1 unspecified atom stereocenters. The van der Waals surface area contributed by atoms with E-state index in [4.69, 9.17) is 5.73 Å². The van der Waals surface area contributed by atoms with E-state index >= 15 is 0 Å². The van der Waals surface area contributed by atoms with Crippen LogP contribution in [0.1, 0.15) is 83.9 Å². The summed E-state index contributed by atoms with van der Waals surface area (Å²) in [5.41, 5.74) is 9.03. The van der Waals surface area contributed by atoms with Crippen LogP contribution in [0.5, 0.6) is 0 Å². The molecule has 0 aliphatic carbocycles. The van der Waals surface area contributed by atoms with Gasteiger partial charge < -0.3 is 10.5 Å². The summed E-state index contributed by atoms with van der Waals surface area (Å²) in [5, 5.41) is 0. The van der Waals surface area contributed by atoms with Crippen LogP contribution in [-0.4, -0.2) is 12.3 Å². The normalized spacial score (nSPS) is 10.3. The fourth-order valence-electron chi connectivity index (χ4n) is 1.69. The van der Waals surface area contributed by atoms with Crippen LogP contribution in [-0.2, 0) is 4.79 Å². The quantitative estimate of drug-likeness (QED) is 0.499. The number of aldehydes is 1. The van der Waals surface area contributed by atoms with Crippen LogP contribution in [0.3, 0.4) is 0 Å². The van der Waals surface area contributed by atoms with E-state index in [1.807, 2.05) is 13.8 Å². The first kappa shape index (κ1) is 27.7. The maximum atomic E-state index is 9.38. The van der Waals surface area contributed by atoms with Crippen LogP contribution < -0.4 is 5.73 Å². The predicted octanol–water partition coefficient (Wildman–Crippen LogP) is 6.39. The van der Waals surface area contributed by atoms with Crippen LogP contribution in [0, 0.1) is 26.7 Å². The van der Waals surface area contributed by atoms with Gasteiger partial charge in [0.25, 0.3) is 0 Å². The van der Waals surface area contributed by atoms with Gasteiger partial charge in [-0.15, -0.1) is 0 Å². The molecule has 1 aromatic rings. The highest BCUT2D eigenvalue weighted by Gasteiger charge is 1.90. The minimum atomic E-state index is -0.296. The number of unbranched alkanes of at least 4 members (excludes halogenated alkanes) is 2. The van der Waals surface area contributed by atoms with Gasteiger partial charge in [0.2, 0.25) is 0 Å². The van der Waals surface area contributed by atoms with E-state index in [0.29, 0.717) is 6.29 Å². The highest BCUT2D eigenvalue weighted by molar-refractivity contribution is 5.55. The van der Waals surface area contributed by atoms with Gasteiger partial charge in [0, 0.05) is 0 Å². The van der Waals surface area contributed by atoms with E-state index < -0.39 is 0 Å². The molecule has 0 aromatic heterocycles. The van der Waals surface area contributed by atoms with Gasteiger partial charge in [-0.2, -0.15) is 0 Å². The van der Waals surface area contributed by atoms with E-state index in [0.717, 1.165) is 5.92 Å². The Hall–Kier alpha value is -1.15. The molecule has 1 aromatic carbocycles. The maximum absolute atomic E-state index is 9.38. The molecule has 2 nitrogen and oxygen atoms in total. The molecule has 1 rings (SSSR count). The Morgan fingerprint density at radius 1 is 1.00 bits per heavy atom. The van der Waals surface area contributed by atoms with Gasteiger partial charge in [-0.25, -0.2) is 0 Å². The van der Waals surface area contributed by atoms with Crippen molar-refractivity contribution < 1.29 is 4.79 Å². The summed E-state index contributed by atoms with van der Waals surface area (Å²) in [4.78, 5) is 9.38. The monoisotopic (exact) mass is 337 g/mol. The standard InChI is InChI=1S/C9H12.C8H18.C3H7NO.C2H6/c1-7-4-5-8(2)9(3)6-7;1-4-5-6-7-8(2)3;1-3(4)2-5;1-2/h4-6H,1-3H3;8H,4-7H2,1-3H3;2-3H,4H2,1H3;1-2H3. The third kappa shape index (κ3) is 23.1. The summed E-state index contributed by atoms with van der Waals surface area (Å²) in [6.45, 7) is 18.8. The van der Waals surface area contributed by atoms with Crippen molar-refractivity contribution in [1.29, 1.82) is 0 Å². The molecule has 0 radical (unpaired) electrons. The fraction of sp³-hybridized carbons (Fsp3) is 0.682. The second kappa shape index (κ2) is 19.9. The zero-order valence-corrected chi connectivity index (χ0v) is 17.8. The number of rotatable bonds is 5. The van der Waals surface area contributed by atoms with Crippen molar-refractivity contribution in [2.75, 3.05) is 0 Å². The summed E-state index contributed by atoms with van der Waals surface area (Å²) in [5.74, 6) is 0.904. The lowest BCUT2D eigenvalue weighted by Gasteiger charge is -2.00. The van der Waals surface area contributed by atoms with E-state index in [9.17, 15) is 4.79 Å². The van der Waals surface area contributed by atoms with Gasteiger partial charge in [0.1, 0.15) is 6.29 Å². The molecule has 2 N–H and O–H groups in total. The summed E-state index contributed by atoms with van der Waals surface area (Å²) in [6.07, 6.45) is 6.30. The van der Waals surface area contributed by atoms with Crippen LogP contribution in [0.2, 0.25) is 0 Å². The first-order chi connectivity index (χ1) is 11.2. The third-order valence-corrected chi connectivity index (χ3v) is 3.26. The van der Waals surface area contributed by atoms with Gasteiger partial charge in [0.15, 0.2) is 0 Å². The second-order valence-electron chi connectivity index (χ2n) is 6.47. The molecular weight excluding hydrogens is 294 g/mol. The summed E-state index contributed by atoms with van der Waals surface area (Å²) in [6, 6.07) is 6.21. The number of hydrogen-bond donors (Lipinski definition) is 1. The minimum Gasteiger partial charge on any atom is -0.322 e. The SMILES string of the molecule is CC.CC(N)C=O.CCCCCC(C)C.Cc1ccc(C)c(C)c1. The average molecular weight is 338 g/mol. The predicted molar refractivity (Wildman–Crippen MR) is 111 cm³/mol. The molecule has 2 heteroatoms. The number of aryl methyl sites for hydroxylation is 3. The first-order valence-electron chi connectivity index (χ1n) is 9.49. The van der Waals surface area contributed by atoms with E-state index in [2.05, 4.69) is 59.7 Å². The lowest BCUT2D eigenvalue weighted by atomic mass is 10.1. The Morgan fingerprint density at radius 3 is 1.79 bits per heavy atom. The van der Waals surface area contributed by atoms with Gasteiger partial charge in [0.05, 0.1) is 6.04 Å². The zero-order chi connectivity index (χ0) is 19.5. The van der Waals surface area contributed by atoms with Crippen LogP contribution in [0.15, 0.2) is 18.2 Å². The molecule has 24 heavy (non-hydrogen) atoms. The van der Waals surface area contributed by atoms with Crippen molar-refractivity contribution in [3.8, 4) is 0 Å². The molecular formula is C22H43NO. The van der Waals surface area contributed by atoms with Gasteiger partial charge in [-0.05, 0) is 44.7 Å². The topological polar surface area (TPSA) is 43.1 Å². The third-order valence-electron chi connectivity index (χ3n) is 3.26. The number of benzene rings is 1. The minimum absolute atomic E-state index is 0.296. The van der Waals surface area contributed by atoms with Gasteiger partial charge in [-0.3, -0.25) is 0 Å². The van der Waals surface area contributed by atoms with Crippen LogP contribution in [0.4, 0.5) is 0 Å². The lowest BCUT2D eigenvalue weighted by molar-refractivity contribution is -0.108. The molecule has 0 aliphatic rings. The highest BCUT2D eigenvalue weighted by Crippen LogP contribution is 2.08. The molecule has 1 atom stereocenters. The Balaban J connectivity index is -0.000000272. The van der Waals surface area contributed by atoms with Crippen molar-refractivity contribution in [2.24, 2.45) is 11.7 Å². The highest BCUT2D eigenvalue weighted by atomic mass is 16.1. The van der Waals surface area contributed by atoms with Crippen molar-refractivity contribution in [3.05, 3.63) is 34.9 Å². The second-order valence-corrected chi connectivity index (χ2v) is 6.47. The first-order valence-corrected chi connectivity index (χ1v) is 9.49. The van der Waals surface area contributed by atoms with Crippen molar-refractivity contribution >= 4 is 6.29 Å². The average Bonchev–Trinajstić information content (AvgIpc) is 2.54. The molecule has 0 bridgehead atoms. The van der Waals surface area contributed by atoms with Crippen LogP contribution in [0.25, 0.3) is 0 Å². The smallest absolute Gasteiger partial charge is 0.136 e. The fourth-order valence-corrected chi connectivity index (χ4v) is 1.69. The van der Waals surface area contributed by atoms with E-state index in [-0.39, 0.29) is 6.04 Å². The molecule has 142 valence electrons. The van der Waals surface area contributed by atoms with Crippen molar-refractivity contribution in [3.63, 3.8) is 0 Å². The van der Waals surface area contributed by atoms with Crippen LogP contribution >= 0.6 is 0 Å². The molecule has 0 saturated heterocycles. The maximum Gasteiger partial charge on any atom is 0.136 e. The zero-order valence-electron chi connectivity index (χ0n) is 17.8. The Morgan fingerprint density at radius 2 is 1.50 bits per heavy atom. The lowest BCUT2D eigenvalue weighted by Crippen LogP contribution is -2.15. The largest absolute Gasteiger partial charge is 0.322 e. The molecule has 0 amide bonds. The Kier molecular flexibility index (Phi) is 23.0. The Labute approximate surface area is 152 Å². The van der Waals surface area contributed by atoms with Crippen molar-refractivity contribution in [1.82, 2.24) is 0 Å².